The molecule has 1 N–H and O–H groups in total. The van der Waals surface area contributed by atoms with E-state index in [-0.39, 0.29) is 0 Å². The summed E-state index contributed by atoms with van der Waals surface area (Å²) < 4.78 is 5.12. The summed E-state index contributed by atoms with van der Waals surface area (Å²) in [5.41, 5.74) is 3.67. The lowest BCUT2D eigenvalue weighted by atomic mass is 10.1. The number of aromatic amines is 1. The monoisotopic (exact) mass is 251 g/mol. The maximum absolute atomic E-state index is 5.12. The van der Waals surface area contributed by atoms with Gasteiger partial charge in [0.1, 0.15) is 0 Å². The molecule has 0 aliphatic heterocycles. The maximum atomic E-state index is 5.12. The Morgan fingerprint density at radius 2 is 1.79 bits per heavy atom. The van der Waals surface area contributed by atoms with Gasteiger partial charge in [0.15, 0.2) is 0 Å². The first kappa shape index (κ1) is 11.5. The van der Waals surface area contributed by atoms with E-state index in [1.165, 1.54) is 0 Å². The van der Waals surface area contributed by atoms with Gasteiger partial charge >= 0.3 is 0 Å². The molecule has 0 aliphatic rings. The minimum atomic E-state index is 0.591. The van der Waals surface area contributed by atoms with E-state index in [1.54, 1.807) is 7.11 Å². The summed E-state index contributed by atoms with van der Waals surface area (Å²) >= 11 is 0. The van der Waals surface area contributed by atoms with E-state index in [9.17, 15) is 0 Å². The van der Waals surface area contributed by atoms with Crippen LogP contribution in [0.25, 0.3) is 22.6 Å². The molecule has 4 heteroatoms. The Balaban J connectivity index is 1.97. The van der Waals surface area contributed by atoms with Crippen molar-refractivity contribution in [1.29, 1.82) is 0 Å². The predicted molar refractivity (Wildman–Crippen MR) is 73.8 cm³/mol. The first-order chi connectivity index (χ1) is 9.36. The summed E-state index contributed by atoms with van der Waals surface area (Å²) in [6, 6.07) is 17.7. The van der Waals surface area contributed by atoms with Gasteiger partial charge < -0.3 is 4.74 Å². The van der Waals surface area contributed by atoms with Crippen molar-refractivity contribution in [3.05, 3.63) is 54.6 Å². The van der Waals surface area contributed by atoms with Crippen LogP contribution in [-0.2, 0) is 0 Å². The number of methoxy groups -OCH3 is 1. The van der Waals surface area contributed by atoms with Crippen LogP contribution in [-0.4, -0.2) is 22.3 Å². The summed E-state index contributed by atoms with van der Waals surface area (Å²) in [6.45, 7) is 0. The lowest BCUT2D eigenvalue weighted by molar-refractivity contribution is 0.398. The summed E-state index contributed by atoms with van der Waals surface area (Å²) in [4.78, 5) is 4.38. The van der Waals surface area contributed by atoms with Crippen LogP contribution in [0.3, 0.4) is 0 Å². The van der Waals surface area contributed by atoms with Crippen molar-refractivity contribution in [2.75, 3.05) is 7.11 Å². The van der Waals surface area contributed by atoms with Gasteiger partial charge in [-0.1, -0.05) is 36.4 Å². The van der Waals surface area contributed by atoms with Crippen molar-refractivity contribution < 1.29 is 4.74 Å². The Kier molecular flexibility index (Phi) is 2.98. The van der Waals surface area contributed by atoms with Crippen LogP contribution in [0.4, 0.5) is 0 Å². The number of nitrogens with zero attached hydrogens (tertiary/aromatic N) is 2. The van der Waals surface area contributed by atoms with Gasteiger partial charge in [0.25, 0.3) is 0 Å². The van der Waals surface area contributed by atoms with Crippen molar-refractivity contribution in [1.82, 2.24) is 15.2 Å². The minimum absolute atomic E-state index is 0.591. The second-order valence-electron chi connectivity index (χ2n) is 4.10. The van der Waals surface area contributed by atoms with Gasteiger partial charge in [0, 0.05) is 11.6 Å². The topological polar surface area (TPSA) is 50.8 Å². The highest BCUT2D eigenvalue weighted by atomic mass is 16.5. The molecule has 19 heavy (non-hydrogen) atoms. The zero-order valence-electron chi connectivity index (χ0n) is 10.5. The average Bonchev–Trinajstić information content (AvgIpc) is 2.98. The fraction of sp³-hybridized carbons (Fsp3) is 0.0667. The normalized spacial score (nSPS) is 10.4. The van der Waals surface area contributed by atoms with Crippen molar-refractivity contribution >= 4 is 0 Å². The molecular weight excluding hydrogens is 238 g/mol. The molecule has 2 aromatic heterocycles. The highest BCUT2D eigenvalue weighted by molar-refractivity contribution is 5.66. The van der Waals surface area contributed by atoms with Crippen molar-refractivity contribution in [3.8, 4) is 28.5 Å². The van der Waals surface area contributed by atoms with Crippen LogP contribution in [0.15, 0.2) is 54.6 Å². The lowest BCUT2D eigenvalue weighted by Crippen LogP contribution is -1.89. The molecule has 0 spiro atoms. The summed E-state index contributed by atoms with van der Waals surface area (Å²) in [5, 5.41) is 7.32. The summed E-state index contributed by atoms with van der Waals surface area (Å²) in [7, 11) is 1.61. The molecule has 4 nitrogen and oxygen atoms in total. The molecule has 0 fully saturated rings. The molecule has 2 heterocycles. The van der Waals surface area contributed by atoms with E-state index in [4.69, 9.17) is 4.74 Å². The molecule has 0 saturated carbocycles. The van der Waals surface area contributed by atoms with Crippen LogP contribution < -0.4 is 4.74 Å². The van der Waals surface area contributed by atoms with E-state index in [1.807, 2.05) is 54.6 Å². The molecule has 0 unspecified atom stereocenters. The van der Waals surface area contributed by atoms with Gasteiger partial charge in [0.2, 0.25) is 5.88 Å². The van der Waals surface area contributed by atoms with E-state index in [2.05, 4.69) is 15.2 Å². The Hall–Kier alpha value is -2.62. The predicted octanol–water partition coefficient (Wildman–Crippen LogP) is 3.15. The first-order valence-electron chi connectivity index (χ1n) is 5.99. The molecule has 0 atom stereocenters. The number of H-pyrrole nitrogens is 1. The van der Waals surface area contributed by atoms with Gasteiger partial charge in [-0.15, -0.1) is 0 Å². The van der Waals surface area contributed by atoms with E-state index in [0.717, 1.165) is 22.6 Å². The maximum Gasteiger partial charge on any atom is 0.213 e. The van der Waals surface area contributed by atoms with Gasteiger partial charge in [-0.2, -0.15) is 5.10 Å². The second kappa shape index (κ2) is 4.94. The number of nitrogens with one attached hydrogen (secondary N) is 1. The molecule has 0 saturated heterocycles. The smallest absolute Gasteiger partial charge is 0.213 e. The largest absolute Gasteiger partial charge is 0.481 e. The quantitative estimate of drug-likeness (QED) is 0.778. The molecule has 0 radical (unpaired) electrons. The van der Waals surface area contributed by atoms with Crippen molar-refractivity contribution in [2.45, 2.75) is 0 Å². The van der Waals surface area contributed by atoms with Crippen molar-refractivity contribution in [3.63, 3.8) is 0 Å². The third-order valence-electron chi connectivity index (χ3n) is 2.86. The van der Waals surface area contributed by atoms with Crippen LogP contribution in [0, 0.1) is 0 Å². The number of rotatable bonds is 3. The average molecular weight is 251 g/mol. The Morgan fingerprint density at radius 3 is 2.58 bits per heavy atom. The van der Waals surface area contributed by atoms with Gasteiger partial charge in [0.05, 0.1) is 24.2 Å². The SMILES string of the molecule is COc1cccc(-c2cc(-c3ccccc3)n[nH]2)n1. The lowest BCUT2D eigenvalue weighted by Gasteiger charge is -2.00. The third-order valence-corrected chi connectivity index (χ3v) is 2.86. The number of benzene rings is 1. The molecule has 0 aliphatic carbocycles. The second-order valence-corrected chi connectivity index (χ2v) is 4.10. The molecule has 0 amide bonds. The number of aromatic nitrogens is 3. The highest BCUT2D eigenvalue weighted by Gasteiger charge is 2.07. The number of hydrogen-bond acceptors (Lipinski definition) is 3. The molecule has 3 rings (SSSR count). The van der Waals surface area contributed by atoms with Crippen LogP contribution in [0.2, 0.25) is 0 Å². The minimum Gasteiger partial charge on any atom is -0.481 e. The third kappa shape index (κ3) is 2.33. The van der Waals surface area contributed by atoms with Gasteiger partial charge in [-0.3, -0.25) is 5.10 Å². The fourth-order valence-corrected chi connectivity index (χ4v) is 1.89. The summed E-state index contributed by atoms with van der Waals surface area (Å²) in [6.07, 6.45) is 0. The van der Waals surface area contributed by atoms with E-state index in [0.29, 0.717) is 5.88 Å². The zero-order chi connectivity index (χ0) is 13.1. The molecule has 3 aromatic rings. The fourth-order valence-electron chi connectivity index (χ4n) is 1.89. The molecule has 94 valence electrons. The van der Waals surface area contributed by atoms with Crippen LogP contribution in [0.1, 0.15) is 0 Å². The number of pyridine rings is 1. The Morgan fingerprint density at radius 1 is 0.947 bits per heavy atom. The molecule has 1 aromatic carbocycles. The van der Waals surface area contributed by atoms with Gasteiger partial charge in [-0.25, -0.2) is 4.98 Å². The van der Waals surface area contributed by atoms with Crippen LogP contribution in [0.5, 0.6) is 5.88 Å². The zero-order valence-corrected chi connectivity index (χ0v) is 10.5. The standard InChI is InChI=1S/C15H13N3O/c1-19-15-9-5-8-12(16-15)14-10-13(17-18-14)11-6-3-2-4-7-11/h2-10H,1H3,(H,17,18). The molecule has 0 bridgehead atoms. The molecular formula is C15H13N3O. The summed E-state index contributed by atoms with van der Waals surface area (Å²) in [5.74, 6) is 0.591. The van der Waals surface area contributed by atoms with Crippen LogP contribution >= 0.6 is 0 Å². The first-order valence-corrected chi connectivity index (χ1v) is 5.99. The van der Waals surface area contributed by atoms with Crippen molar-refractivity contribution in [2.24, 2.45) is 0 Å². The number of ether oxygens (including phenoxy) is 1. The van der Waals surface area contributed by atoms with Gasteiger partial charge in [-0.05, 0) is 12.1 Å². The number of hydrogen-bond donors (Lipinski definition) is 1. The highest BCUT2D eigenvalue weighted by Crippen LogP contribution is 2.23. The van der Waals surface area contributed by atoms with E-state index >= 15 is 0 Å². The van der Waals surface area contributed by atoms with E-state index < -0.39 is 0 Å². The Labute approximate surface area is 111 Å². The Bertz CT molecular complexity index is 677.